The molecule has 0 spiro atoms. The summed E-state index contributed by atoms with van der Waals surface area (Å²) in [4.78, 5) is 0. The van der Waals surface area contributed by atoms with Crippen LogP contribution in [0.15, 0.2) is 0 Å². The lowest BCUT2D eigenvalue weighted by Crippen LogP contribution is -2.41. The molecule has 16 heavy (non-hydrogen) atoms. The predicted molar refractivity (Wildman–Crippen MR) is 67.1 cm³/mol. The molecule has 0 atom stereocenters. The fourth-order valence-electron chi connectivity index (χ4n) is 1.62. The maximum Gasteiger partial charge on any atom is 0.337 e. The SMILES string of the molecule is COC(CC[Si](CCCCl)(OC)OC)OC. The Morgan fingerprint density at radius 3 is 1.94 bits per heavy atom. The van der Waals surface area contributed by atoms with Crippen molar-refractivity contribution in [3.05, 3.63) is 0 Å². The second kappa shape index (κ2) is 9.38. The molecule has 6 heteroatoms. The van der Waals surface area contributed by atoms with Crippen LogP contribution in [0.4, 0.5) is 0 Å². The van der Waals surface area contributed by atoms with Crippen molar-refractivity contribution >= 4 is 20.2 Å². The van der Waals surface area contributed by atoms with E-state index in [2.05, 4.69) is 0 Å². The molecule has 0 heterocycles. The first-order valence-corrected chi connectivity index (χ1v) is 8.16. The van der Waals surface area contributed by atoms with Gasteiger partial charge >= 0.3 is 8.56 Å². The molecule has 0 radical (unpaired) electrons. The van der Waals surface area contributed by atoms with Gasteiger partial charge in [-0.2, -0.15) is 0 Å². The monoisotopic (exact) mass is 270 g/mol. The van der Waals surface area contributed by atoms with Gasteiger partial charge in [0.2, 0.25) is 0 Å². The zero-order valence-corrected chi connectivity index (χ0v) is 12.4. The summed E-state index contributed by atoms with van der Waals surface area (Å²) < 4.78 is 21.5. The van der Waals surface area contributed by atoms with E-state index in [1.807, 2.05) is 0 Å². The van der Waals surface area contributed by atoms with Crippen LogP contribution in [0, 0.1) is 0 Å². The largest absolute Gasteiger partial charge is 0.398 e. The van der Waals surface area contributed by atoms with Crippen LogP contribution in [0.2, 0.25) is 12.1 Å². The number of alkyl halides is 1. The Hall–Kier alpha value is 0.347. The van der Waals surface area contributed by atoms with Gasteiger partial charge < -0.3 is 18.3 Å². The molecule has 0 aliphatic carbocycles. The smallest absolute Gasteiger partial charge is 0.337 e. The summed E-state index contributed by atoms with van der Waals surface area (Å²) in [5.74, 6) is 0.638. The Morgan fingerprint density at radius 2 is 1.56 bits per heavy atom. The Bertz CT molecular complexity index is 163. The van der Waals surface area contributed by atoms with E-state index in [-0.39, 0.29) is 6.29 Å². The molecule has 0 saturated carbocycles. The first-order valence-electron chi connectivity index (χ1n) is 5.40. The van der Waals surface area contributed by atoms with Crippen LogP contribution in [0.5, 0.6) is 0 Å². The van der Waals surface area contributed by atoms with Crippen molar-refractivity contribution in [1.29, 1.82) is 0 Å². The molecule has 0 aliphatic rings. The summed E-state index contributed by atoms with van der Waals surface area (Å²) >= 11 is 5.70. The quantitative estimate of drug-likeness (QED) is 0.347. The van der Waals surface area contributed by atoms with Gasteiger partial charge in [-0.05, 0) is 18.5 Å². The van der Waals surface area contributed by atoms with Crippen molar-refractivity contribution in [2.45, 2.75) is 31.2 Å². The van der Waals surface area contributed by atoms with Gasteiger partial charge in [0.25, 0.3) is 0 Å². The van der Waals surface area contributed by atoms with E-state index in [9.17, 15) is 0 Å². The van der Waals surface area contributed by atoms with Crippen LogP contribution < -0.4 is 0 Å². The van der Waals surface area contributed by atoms with Gasteiger partial charge in [0.1, 0.15) is 0 Å². The summed E-state index contributed by atoms with van der Waals surface area (Å²) in [6.45, 7) is 0. The first-order chi connectivity index (χ1) is 7.67. The number of methoxy groups -OCH3 is 2. The minimum Gasteiger partial charge on any atom is -0.398 e. The van der Waals surface area contributed by atoms with Crippen molar-refractivity contribution in [1.82, 2.24) is 0 Å². The Balaban J connectivity index is 4.19. The lowest BCUT2D eigenvalue weighted by Gasteiger charge is -2.28. The van der Waals surface area contributed by atoms with E-state index in [0.717, 1.165) is 24.9 Å². The van der Waals surface area contributed by atoms with Gasteiger partial charge in [0.05, 0.1) is 0 Å². The molecule has 0 aromatic carbocycles. The molecule has 0 aliphatic heterocycles. The fourth-order valence-corrected chi connectivity index (χ4v) is 4.60. The summed E-state index contributed by atoms with van der Waals surface area (Å²) in [7, 11) is 4.58. The molecule has 0 saturated heterocycles. The number of rotatable bonds is 10. The summed E-state index contributed by atoms with van der Waals surface area (Å²) in [5.41, 5.74) is 0. The second-order valence-corrected chi connectivity index (χ2v) is 7.57. The van der Waals surface area contributed by atoms with Crippen LogP contribution in [-0.2, 0) is 18.3 Å². The third-order valence-electron chi connectivity index (χ3n) is 2.72. The van der Waals surface area contributed by atoms with Crippen molar-refractivity contribution < 1.29 is 18.3 Å². The third kappa shape index (κ3) is 5.61. The Kier molecular flexibility index (Phi) is 9.59. The minimum atomic E-state index is -2.10. The van der Waals surface area contributed by atoms with Crippen LogP contribution >= 0.6 is 11.6 Å². The normalized spacial score (nSPS) is 12.4. The zero-order chi connectivity index (χ0) is 12.4. The standard InChI is InChI=1S/C10H23ClO4Si/c1-12-10(13-2)6-9-16(14-3,15-4)8-5-7-11/h10H,5-9H2,1-4H3. The van der Waals surface area contributed by atoms with Crippen molar-refractivity contribution in [2.75, 3.05) is 34.3 Å². The third-order valence-corrected chi connectivity index (χ3v) is 6.64. The predicted octanol–water partition coefficient (Wildman–Crippen LogP) is 2.36. The van der Waals surface area contributed by atoms with E-state index in [1.54, 1.807) is 28.4 Å². The Labute approximate surface area is 104 Å². The lowest BCUT2D eigenvalue weighted by atomic mass is 10.5. The van der Waals surface area contributed by atoms with Gasteiger partial charge in [-0.3, -0.25) is 0 Å². The van der Waals surface area contributed by atoms with Crippen LogP contribution in [-0.4, -0.2) is 49.2 Å². The van der Waals surface area contributed by atoms with Crippen molar-refractivity contribution in [2.24, 2.45) is 0 Å². The van der Waals surface area contributed by atoms with E-state index >= 15 is 0 Å². The highest BCUT2D eigenvalue weighted by molar-refractivity contribution is 6.67. The number of ether oxygens (including phenoxy) is 2. The molecule has 0 amide bonds. The summed E-state index contributed by atoms with van der Waals surface area (Å²) in [6.07, 6.45) is 1.51. The van der Waals surface area contributed by atoms with Crippen molar-refractivity contribution in [3.8, 4) is 0 Å². The van der Waals surface area contributed by atoms with Crippen LogP contribution in [0.3, 0.4) is 0 Å². The molecular weight excluding hydrogens is 248 g/mol. The Morgan fingerprint density at radius 1 is 1.00 bits per heavy atom. The van der Waals surface area contributed by atoms with Crippen LogP contribution in [0.1, 0.15) is 12.8 Å². The highest BCUT2D eigenvalue weighted by Crippen LogP contribution is 2.23. The molecule has 0 rings (SSSR count). The molecule has 0 fully saturated rings. The second-order valence-electron chi connectivity index (χ2n) is 3.55. The van der Waals surface area contributed by atoms with Gasteiger partial charge in [-0.1, -0.05) is 0 Å². The molecular formula is C10H23ClO4Si. The molecule has 4 nitrogen and oxygen atoms in total. The first kappa shape index (κ1) is 16.3. The van der Waals surface area contributed by atoms with Gasteiger partial charge in [-0.25, -0.2) is 0 Å². The minimum absolute atomic E-state index is 0.187. The highest BCUT2D eigenvalue weighted by Gasteiger charge is 2.35. The fraction of sp³-hybridized carbons (Fsp3) is 1.00. The molecule has 0 N–H and O–H groups in total. The van der Waals surface area contributed by atoms with Gasteiger partial charge in [0.15, 0.2) is 6.29 Å². The van der Waals surface area contributed by atoms with Gasteiger partial charge in [-0.15, -0.1) is 11.6 Å². The number of hydrogen-bond acceptors (Lipinski definition) is 4. The maximum atomic E-state index is 5.70. The average molecular weight is 271 g/mol. The van der Waals surface area contributed by atoms with E-state index < -0.39 is 8.56 Å². The lowest BCUT2D eigenvalue weighted by molar-refractivity contribution is -0.104. The molecule has 98 valence electrons. The zero-order valence-electron chi connectivity index (χ0n) is 10.6. The van der Waals surface area contributed by atoms with E-state index in [1.165, 1.54) is 0 Å². The molecule has 0 unspecified atom stereocenters. The maximum absolute atomic E-state index is 5.70. The van der Waals surface area contributed by atoms with Crippen LogP contribution in [0.25, 0.3) is 0 Å². The highest BCUT2D eigenvalue weighted by atomic mass is 35.5. The van der Waals surface area contributed by atoms with E-state index in [0.29, 0.717) is 5.88 Å². The molecule has 0 aromatic heterocycles. The van der Waals surface area contributed by atoms with Gasteiger partial charge in [0, 0.05) is 40.7 Å². The molecule has 0 aromatic rings. The topological polar surface area (TPSA) is 36.9 Å². The average Bonchev–Trinajstić information content (AvgIpc) is 2.35. The number of hydrogen-bond donors (Lipinski definition) is 0. The van der Waals surface area contributed by atoms with E-state index in [4.69, 9.17) is 29.9 Å². The van der Waals surface area contributed by atoms with Crippen molar-refractivity contribution in [3.63, 3.8) is 0 Å². The summed E-state index contributed by atoms with van der Waals surface area (Å²) in [5, 5.41) is 0. The number of halogens is 1. The molecule has 0 bridgehead atoms. The summed E-state index contributed by atoms with van der Waals surface area (Å²) in [6, 6.07) is 1.76.